The summed E-state index contributed by atoms with van der Waals surface area (Å²) in [7, 11) is 1.60. The smallest absolute Gasteiger partial charge is 0.254 e. The minimum atomic E-state index is -0.376. The lowest BCUT2D eigenvalue weighted by Gasteiger charge is -2.34. The van der Waals surface area contributed by atoms with Gasteiger partial charge in [0.05, 0.1) is 5.02 Å². The maximum Gasteiger partial charge on any atom is 0.254 e. The number of nitrogens with one attached hydrogen (secondary N) is 1. The normalized spacial score (nSPS) is 18.8. The van der Waals surface area contributed by atoms with Gasteiger partial charge in [0.25, 0.3) is 5.91 Å². The maximum absolute atomic E-state index is 12.6. The third-order valence-electron chi connectivity index (χ3n) is 3.48. The first-order chi connectivity index (χ1) is 9.54. The summed E-state index contributed by atoms with van der Waals surface area (Å²) in [5.41, 5.74) is 0.534. The summed E-state index contributed by atoms with van der Waals surface area (Å²) in [6, 6.07) is 4.86. The second kappa shape index (κ2) is 6.76. The van der Waals surface area contributed by atoms with E-state index in [4.69, 9.17) is 11.6 Å². The number of hydrogen-bond donors (Lipinski definition) is 1. The number of amides is 2. The van der Waals surface area contributed by atoms with Gasteiger partial charge in [0.1, 0.15) is 6.04 Å². The van der Waals surface area contributed by atoms with Gasteiger partial charge in [0.15, 0.2) is 0 Å². The Bertz CT molecular complexity index is 536. The zero-order chi connectivity index (χ0) is 14.7. The molecule has 0 saturated carbocycles. The molecule has 1 saturated heterocycles. The number of halogens is 2. The molecule has 1 atom stereocenters. The fourth-order valence-corrected chi connectivity index (χ4v) is 2.92. The van der Waals surface area contributed by atoms with Gasteiger partial charge < -0.3 is 10.2 Å². The third kappa shape index (κ3) is 3.25. The maximum atomic E-state index is 12.6. The minimum Gasteiger partial charge on any atom is -0.357 e. The number of carbonyl (C=O) groups is 2. The van der Waals surface area contributed by atoms with Crippen molar-refractivity contribution in [3.8, 4) is 0 Å². The van der Waals surface area contributed by atoms with Crippen LogP contribution in [0.1, 0.15) is 29.6 Å². The van der Waals surface area contributed by atoms with Gasteiger partial charge in [-0.15, -0.1) is 0 Å². The molecule has 4 nitrogen and oxygen atoms in total. The lowest BCUT2D eigenvalue weighted by Crippen LogP contribution is -2.51. The molecule has 1 aromatic rings. The topological polar surface area (TPSA) is 49.4 Å². The van der Waals surface area contributed by atoms with E-state index in [9.17, 15) is 9.59 Å². The van der Waals surface area contributed by atoms with Gasteiger partial charge in [-0.1, -0.05) is 11.6 Å². The molecule has 1 fully saturated rings. The van der Waals surface area contributed by atoms with Crippen LogP contribution in [0.4, 0.5) is 0 Å². The van der Waals surface area contributed by atoms with Crippen molar-refractivity contribution in [3.05, 3.63) is 32.4 Å². The number of likely N-dealkylation sites (tertiary alicyclic amines) is 1. The summed E-state index contributed by atoms with van der Waals surface area (Å²) in [4.78, 5) is 26.1. The predicted molar refractivity (Wildman–Crippen MR) is 86.9 cm³/mol. The molecule has 0 aliphatic carbocycles. The lowest BCUT2D eigenvalue weighted by atomic mass is 10.00. The summed E-state index contributed by atoms with van der Waals surface area (Å²) < 4.78 is 0.905. The molecule has 1 aliphatic heterocycles. The van der Waals surface area contributed by atoms with Crippen molar-refractivity contribution in [1.29, 1.82) is 0 Å². The van der Waals surface area contributed by atoms with E-state index in [1.165, 1.54) is 0 Å². The van der Waals surface area contributed by atoms with Crippen molar-refractivity contribution < 1.29 is 9.59 Å². The largest absolute Gasteiger partial charge is 0.357 e. The van der Waals surface area contributed by atoms with Gasteiger partial charge >= 0.3 is 0 Å². The molecule has 1 heterocycles. The quantitative estimate of drug-likeness (QED) is 0.768. The Labute approximate surface area is 137 Å². The molecule has 1 N–H and O–H groups in total. The molecule has 2 amide bonds. The first-order valence-electron chi connectivity index (χ1n) is 6.52. The monoisotopic (exact) mass is 406 g/mol. The van der Waals surface area contributed by atoms with E-state index in [-0.39, 0.29) is 17.9 Å². The number of rotatable bonds is 2. The lowest BCUT2D eigenvalue weighted by molar-refractivity contribution is -0.126. The molecule has 1 aliphatic rings. The van der Waals surface area contributed by atoms with Crippen LogP contribution in [0.2, 0.25) is 5.02 Å². The van der Waals surface area contributed by atoms with E-state index in [2.05, 4.69) is 27.9 Å². The SMILES string of the molecule is CNC(=O)C1CCCCN1C(=O)c1ccc(I)c(Cl)c1. The Morgan fingerprint density at radius 1 is 1.40 bits per heavy atom. The number of hydrogen-bond acceptors (Lipinski definition) is 2. The second-order valence-electron chi connectivity index (χ2n) is 4.75. The molecule has 6 heteroatoms. The molecular formula is C14H16ClIN2O2. The van der Waals surface area contributed by atoms with Gasteiger partial charge in [-0.25, -0.2) is 0 Å². The summed E-state index contributed by atoms with van der Waals surface area (Å²) >= 11 is 8.18. The van der Waals surface area contributed by atoms with Crippen LogP contribution < -0.4 is 5.32 Å². The number of carbonyl (C=O) groups excluding carboxylic acids is 2. The molecular weight excluding hydrogens is 391 g/mol. The van der Waals surface area contributed by atoms with Crippen LogP contribution in [0, 0.1) is 3.57 Å². The fraction of sp³-hybridized carbons (Fsp3) is 0.429. The predicted octanol–water partition coefficient (Wildman–Crippen LogP) is 2.69. The van der Waals surface area contributed by atoms with E-state index < -0.39 is 0 Å². The Morgan fingerprint density at radius 3 is 2.80 bits per heavy atom. The molecule has 0 spiro atoms. The van der Waals surface area contributed by atoms with Crippen LogP contribution in [0.3, 0.4) is 0 Å². The molecule has 0 bridgehead atoms. The molecule has 1 unspecified atom stereocenters. The Balaban J connectivity index is 2.25. The van der Waals surface area contributed by atoms with Crippen molar-refractivity contribution in [2.75, 3.05) is 13.6 Å². The van der Waals surface area contributed by atoms with Crippen LogP contribution in [0.5, 0.6) is 0 Å². The van der Waals surface area contributed by atoms with Gasteiger partial charge in [-0.2, -0.15) is 0 Å². The summed E-state index contributed by atoms with van der Waals surface area (Å²) in [6.07, 6.45) is 2.61. The summed E-state index contributed by atoms with van der Waals surface area (Å²) in [5, 5.41) is 3.19. The van der Waals surface area contributed by atoms with E-state index in [1.54, 1.807) is 24.1 Å². The van der Waals surface area contributed by atoms with E-state index in [1.807, 2.05) is 6.07 Å². The van der Waals surface area contributed by atoms with Gasteiger partial charge in [0.2, 0.25) is 5.91 Å². The highest BCUT2D eigenvalue weighted by Gasteiger charge is 2.32. The highest BCUT2D eigenvalue weighted by atomic mass is 127. The summed E-state index contributed by atoms with van der Waals surface area (Å²) in [6.45, 7) is 0.612. The summed E-state index contributed by atoms with van der Waals surface area (Å²) in [5.74, 6) is -0.230. The van der Waals surface area contributed by atoms with Crippen molar-refractivity contribution in [3.63, 3.8) is 0 Å². The first kappa shape index (κ1) is 15.6. The average molecular weight is 407 g/mol. The Hall–Kier alpha value is -0.820. The fourth-order valence-electron chi connectivity index (χ4n) is 2.41. The Morgan fingerprint density at radius 2 is 2.15 bits per heavy atom. The zero-order valence-corrected chi connectivity index (χ0v) is 14.1. The van der Waals surface area contributed by atoms with E-state index >= 15 is 0 Å². The number of nitrogens with zero attached hydrogens (tertiary/aromatic N) is 1. The van der Waals surface area contributed by atoms with Gasteiger partial charge in [0, 0.05) is 22.7 Å². The molecule has 0 aromatic heterocycles. The van der Waals surface area contributed by atoms with Gasteiger partial charge in [-0.3, -0.25) is 9.59 Å². The third-order valence-corrected chi connectivity index (χ3v) is 5.05. The van der Waals surface area contributed by atoms with Crippen molar-refractivity contribution in [1.82, 2.24) is 10.2 Å². The van der Waals surface area contributed by atoms with Crippen LogP contribution in [-0.2, 0) is 4.79 Å². The van der Waals surface area contributed by atoms with Gasteiger partial charge in [-0.05, 0) is 60.1 Å². The van der Waals surface area contributed by atoms with E-state index in [0.29, 0.717) is 23.6 Å². The Kier molecular flexibility index (Phi) is 5.26. The molecule has 108 valence electrons. The first-order valence-corrected chi connectivity index (χ1v) is 7.98. The van der Waals surface area contributed by atoms with Crippen molar-refractivity contribution in [2.24, 2.45) is 0 Å². The standard InChI is InChI=1S/C14H16ClIN2O2/c1-17-13(19)12-4-2-3-7-18(12)14(20)9-5-6-11(16)10(15)8-9/h5-6,8,12H,2-4,7H2,1H3,(H,17,19). The van der Waals surface area contributed by atoms with Crippen molar-refractivity contribution in [2.45, 2.75) is 25.3 Å². The second-order valence-corrected chi connectivity index (χ2v) is 6.32. The number of piperidine rings is 1. The van der Waals surface area contributed by atoms with Crippen LogP contribution in [-0.4, -0.2) is 36.3 Å². The van der Waals surface area contributed by atoms with Crippen LogP contribution in [0.25, 0.3) is 0 Å². The number of benzene rings is 1. The highest BCUT2D eigenvalue weighted by molar-refractivity contribution is 14.1. The van der Waals surface area contributed by atoms with E-state index in [0.717, 1.165) is 16.4 Å². The molecule has 0 radical (unpaired) electrons. The van der Waals surface area contributed by atoms with Crippen LogP contribution in [0.15, 0.2) is 18.2 Å². The minimum absolute atomic E-state index is 0.102. The highest BCUT2D eigenvalue weighted by Crippen LogP contribution is 2.23. The molecule has 1 aromatic carbocycles. The zero-order valence-electron chi connectivity index (χ0n) is 11.2. The average Bonchev–Trinajstić information content (AvgIpc) is 2.48. The molecule has 20 heavy (non-hydrogen) atoms. The van der Waals surface area contributed by atoms with Crippen molar-refractivity contribution >= 4 is 46.0 Å². The van der Waals surface area contributed by atoms with Crippen LogP contribution >= 0.6 is 34.2 Å². The number of likely N-dealkylation sites (N-methyl/N-ethyl adjacent to an activating group) is 1. The molecule has 2 rings (SSSR count).